The third-order valence-electron chi connectivity index (χ3n) is 3.99. The summed E-state index contributed by atoms with van der Waals surface area (Å²) in [7, 11) is 0. The minimum atomic E-state index is -0.685. The average molecular weight is 406 g/mol. The van der Waals surface area contributed by atoms with E-state index in [4.69, 9.17) is 32.4 Å². The topological polar surface area (TPSA) is 45.8 Å². The quantitative estimate of drug-likeness (QED) is 0.542. The van der Waals surface area contributed by atoms with Gasteiger partial charge in [0.05, 0.1) is 17.8 Å². The van der Waals surface area contributed by atoms with Crippen LogP contribution in [0.25, 0.3) is 0 Å². The van der Waals surface area contributed by atoms with E-state index >= 15 is 0 Å². The minimum Gasteiger partial charge on any atom is -0.489 e. The van der Waals surface area contributed by atoms with Crippen molar-refractivity contribution in [1.82, 2.24) is 4.90 Å². The first kappa shape index (κ1) is 19.8. The molecular weight excluding hydrogens is 385 g/mol. The molecule has 1 unspecified atom stereocenters. The second-order valence-corrected chi connectivity index (χ2v) is 7.12. The summed E-state index contributed by atoms with van der Waals surface area (Å²) in [5, 5.41) is 11.7. The Balaban J connectivity index is 1.62. The predicted molar refractivity (Wildman–Crippen MR) is 107 cm³/mol. The summed E-state index contributed by atoms with van der Waals surface area (Å²) in [6.07, 6.45) is 0.958. The van der Waals surface area contributed by atoms with Crippen molar-refractivity contribution in [3.8, 4) is 5.75 Å². The number of halogens is 2. The first-order valence-electron chi connectivity index (χ1n) is 8.65. The number of rotatable bonds is 9. The van der Waals surface area contributed by atoms with Gasteiger partial charge in [0.25, 0.3) is 0 Å². The minimum absolute atomic E-state index is 0.147. The summed E-state index contributed by atoms with van der Waals surface area (Å²) < 4.78 is 11.1. The monoisotopic (exact) mass is 405 g/mol. The molecule has 0 saturated heterocycles. The van der Waals surface area contributed by atoms with Crippen molar-refractivity contribution >= 4 is 23.2 Å². The Morgan fingerprint density at radius 3 is 2.59 bits per heavy atom. The zero-order chi connectivity index (χ0) is 19.1. The van der Waals surface area contributed by atoms with Crippen molar-refractivity contribution in [3.05, 3.63) is 88.3 Å². The summed E-state index contributed by atoms with van der Waals surface area (Å²) in [5.41, 5.74) is 1.06. The van der Waals surface area contributed by atoms with Crippen molar-refractivity contribution in [2.24, 2.45) is 0 Å². The Bertz CT molecular complexity index is 839. The smallest absolute Gasteiger partial charge is 0.138 e. The van der Waals surface area contributed by atoms with Gasteiger partial charge in [0, 0.05) is 18.1 Å². The molecule has 142 valence electrons. The number of aliphatic hydroxyl groups excluding tert-OH is 1. The van der Waals surface area contributed by atoms with E-state index in [1.54, 1.807) is 18.4 Å². The lowest BCUT2D eigenvalue weighted by Crippen LogP contribution is -2.35. The van der Waals surface area contributed by atoms with Crippen LogP contribution in [0.5, 0.6) is 5.75 Å². The molecule has 1 heterocycles. The number of ether oxygens (including phenoxy) is 1. The Kier molecular flexibility index (Phi) is 7.18. The number of benzene rings is 2. The van der Waals surface area contributed by atoms with E-state index < -0.39 is 6.10 Å². The fraction of sp³-hybridized carbons (Fsp3) is 0.238. The van der Waals surface area contributed by atoms with Gasteiger partial charge in [0.15, 0.2) is 0 Å². The van der Waals surface area contributed by atoms with Gasteiger partial charge < -0.3 is 14.3 Å². The number of hydrogen-bond donors (Lipinski definition) is 1. The molecule has 0 radical (unpaired) electrons. The molecule has 4 nitrogen and oxygen atoms in total. The molecule has 3 rings (SSSR count). The standard InChI is InChI=1S/C21H21Cl2NO3/c22-17-6-3-5-16(11-17)12-24(14-19-7-4-10-26-19)13-18(25)15-27-21-9-2-1-8-20(21)23/h1-11,18,25H,12-15H2. The molecule has 0 bridgehead atoms. The van der Waals surface area contributed by atoms with Gasteiger partial charge in [0.2, 0.25) is 0 Å². The lowest BCUT2D eigenvalue weighted by Gasteiger charge is -2.24. The van der Waals surface area contributed by atoms with Crippen LogP contribution in [0.3, 0.4) is 0 Å². The normalized spacial score (nSPS) is 12.3. The lowest BCUT2D eigenvalue weighted by atomic mass is 10.2. The number of hydrogen-bond acceptors (Lipinski definition) is 4. The summed E-state index contributed by atoms with van der Waals surface area (Å²) in [5.74, 6) is 1.39. The molecule has 1 atom stereocenters. The second-order valence-electron chi connectivity index (χ2n) is 6.27. The average Bonchev–Trinajstić information content (AvgIpc) is 3.14. The molecule has 2 aromatic carbocycles. The van der Waals surface area contributed by atoms with Gasteiger partial charge in [-0.3, -0.25) is 4.90 Å². The highest BCUT2D eigenvalue weighted by atomic mass is 35.5. The fourth-order valence-corrected chi connectivity index (χ4v) is 3.20. The van der Waals surface area contributed by atoms with Crippen LogP contribution in [0.1, 0.15) is 11.3 Å². The molecule has 0 spiro atoms. The number of furan rings is 1. The lowest BCUT2D eigenvalue weighted by molar-refractivity contribution is 0.0605. The second kappa shape index (κ2) is 9.81. The maximum absolute atomic E-state index is 10.5. The number of para-hydroxylation sites is 1. The van der Waals surface area contributed by atoms with Crippen molar-refractivity contribution in [2.75, 3.05) is 13.2 Å². The largest absolute Gasteiger partial charge is 0.489 e. The van der Waals surface area contributed by atoms with E-state index in [0.717, 1.165) is 11.3 Å². The zero-order valence-electron chi connectivity index (χ0n) is 14.7. The van der Waals surface area contributed by atoms with Gasteiger partial charge in [-0.15, -0.1) is 0 Å². The van der Waals surface area contributed by atoms with Crippen LogP contribution in [0.2, 0.25) is 10.0 Å². The fourth-order valence-electron chi connectivity index (χ4n) is 2.80. The van der Waals surface area contributed by atoms with Gasteiger partial charge in [-0.05, 0) is 42.0 Å². The Morgan fingerprint density at radius 2 is 1.85 bits per heavy atom. The number of aliphatic hydroxyl groups is 1. The number of nitrogens with zero attached hydrogens (tertiary/aromatic N) is 1. The van der Waals surface area contributed by atoms with Crippen LogP contribution in [-0.2, 0) is 13.1 Å². The molecular formula is C21H21Cl2NO3. The Labute approximate surface area is 168 Å². The van der Waals surface area contributed by atoms with Crippen molar-refractivity contribution in [3.63, 3.8) is 0 Å². The summed E-state index contributed by atoms with van der Waals surface area (Å²) >= 11 is 12.2. The van der Waals surface area contributed by atoms with Crippen LogP contribution in [0, 0.1) is 0 Å². The molecule has 0 amide bonds. The van der Waals surface area contributed by atoms with Gasteiger partial charge in [0.1, 0.15) is 24.2 Å². The van der Waals surface area contributed by atoms with E-state index in [1.807, 2.05) is 48.5 Å². The van der Waals surface area contributed by atoms with Crippen LogP contribution >= 0.6 is 23.2 Å². The highest BCUT2D eigenvalue weighted by Gasteiger charge is 2.15. The van der Waals surface area contributed by atoms with Gasteiger partial charge >= 0.3 is 0 Å². The first-order chi connectivity index (χ1) is 13.1. The highest BCUT2D eigenvalue weighted by Crippen LogP contribution is 2.23. The van der Waals surface area contributed by atoms with E-state index in [0.29, 0.717) is 35.4 Å². The van der Waals surface area contributed by atoms with Gasteiger partial charge in [-0.25, -0.2) is 0 Å². The maximum atomic E-state index is 10.5. The van der Waals surface area contributed by atoms with E-state index in [9.17, 15) is 5.11 Å². The summed E-state index contributed by atoms with van der Waals surface area (Å²) in [6, 6.07) is 18.7. The molecule has 0 aliphatic rings. The van der Waals surface area contributed by atoms with E-state index in [-0.39, 0.29) is 6.61 Å². The SMILES string of the molecule is OC(COc1ccccc1Cl)CN(Cc1cccc(Cl)c1)Cc1ccco1. The Hall–Kier alpha value is -1.98. The van der Waals surface area contributed by atoms with Crippen LogP contribution < -0.4 is 4.74 Å². The molecule has 27 heavy (non-hydrogen) atoms. The third-order valence-corrected chi connectivity index (χ3v) is 4.54. The molecule has 0 fully saturated rings. The van der Waals surface area contributed by atoms with Gasteiger partial charge in [-0.1, -0.05) is 47.5 Å². The van der Waals surface area contributed by atoms with E-state index in [2.05, 4.69) is 4.90 Å². The maximum Gasteiger partial charge on any atom is 0.138 e. The first-order valence-corrected chi connectivity index (χ1v) is 9.40. The van der Waals surface area contributed by atoms with Gasteiger partial charge in [-0.2, -0.15) is 0 Å². The van der Waals surface area contributed by atoms with Crippen molar-refractivity contribution in [1.29, 1.82) is 0 Å². The zero-order valence-corrected chi connectivity index (χ0v) is 16.2. The Morgan fingerprint density at radius 1 is 1.00 bits per heavy atom. The molecule has 0 aliphatic carbocycles. The third kappa shape index (κ3) is 6.29. The highest BCUT2D eigenvalue weighted by molar-refractivity contribution is 6.32. The van der Waals surface area contributed by atoms with Crippen LogP contribution in [0.4, 0.5) is 0 Å². The predicted octanol–water partition coefficient (Wildman–Crippen LogP) is 5.03. The molecule has 3 aromatic rings. The molecule has 1 N–H and O–H groups in total. The summed E-state index contributed by atoms with van der Waals surface area (Å²) in [6.45, 7) is 1.76. The molecule has 1 aromatic heterocycles. The van der Waals surface area contributed by atoms with Crippen LogP contribution in [-0.4, -0.2) is 29.3 Å². The summed E-state index contributed by atoms with van der Waals surface area (Å²) in [4.78, 5) is 2.09. The van der Waals surface area contributed by atoms with Crippen molar-refractivity contribution in [2.45, 2.75) is 19.2 Å². The van der Waals surface area contributed by atoms with E-state index in [1.165, 1.54) is 0 Å². The molecule has 0 saturated carbocycles. The molecule has 0 aliphatic heterocycles. The molecule has 6 heteroatoms. The van der Waals surface area contributed by atoms with Crippen LogP contribution in [0.15, 0.2) is 71.3 Å². The van der Waals surface area contributed by atoms with Crippen molar-refractivity contribution < 1.29 is 14.3 Å².